The molecule has 0 spiro atoms. The van der Waals surface area contributed by atoms with Crippen molar-refractivity contribution in [3.05, 3.63) is 36.6 Å². The third-order valence-corrected chi connectivity index (χ3v) is 2.10. The van der Waals surface area contributed by atoms with Crippen LogP contribution in [0, 0.1) is 0 Å². The monoisotopic (exact) mass is 183 g/mol. The number of ether oxygens (including phenoxy) is 1. The van der Waals surface area contributed by atoms with E-state index < -0.39 is 5.83 Å². The van der Waals surface area contributed by atoms with Gasteiger partial charge < -0.3 is 9.64 Å². The Morgan fingerprint density at radius 1 is 1.77 bits per heavy atom. The third kappa shape index (κ3) is 1.74. The molecule has 1 unspecified atom stereocenters. The summed E-state index contributed by atoms with van der Waals surface area (Å²) in [6.07, 6.45) is 1.67. The van der Waals surface area contributed by atoms with E-state index in [1.807, 2.05) is 11.8 Å². The molecule has 1 atom stereocenters. The maximum absolute atomic E-state index is 12.8. The first-order chi connectivity index (χ1) is 6.07. The Bertz CT molecular complexity index is 270. The number of hydrogen-bond donors (Lipinski definition) is 0. The van der Waals surface area contributed by atoms with Crippen molar-refractivity contribution in [1.29, 1.82) is 0 Å². The normalized spacial score (nSPS) is 22.7. The molecule has 0 amide bonds. The van der Waals surface area contributed by atoms with E-state index in [1.54, 1.807) is 13.1 Å². The van der Waals surface area contributed by atoms with Crippen LogP contribution >= 0.6 is 0 Å². The summed E-state index contributed by atoms with van der Waals surface area (Å²) in [6.45, 7) is 11.1. The topological polar surface area (TPSA) is 12.5 Å². The number of nitrogens with zero attached hydrogens (tertiary/aromatic N) is 1. The maximum atomic E-state index is 12.8. The fraction of sp³-hybridized carbons (Fsp3) is 0.400. The lowest BCUT2D eigenvalue weighted by atomic mass is 10.2. The Hall–Kier alpha value is -1.25. The zero-order valence-corrected chi connectivity index (χ0v) is 8.01. The van der Waals surface area contributed by atoms with E-state index in [-0.39, 0.29) is 11.8 Å². The van der Waals surface area contributed by atoms with E-state index in [1.165, 1.54) is 0 Å². The Labute approximate surface area is 78.0 Å². The average molecular weight is 183 g/mol. The van der Waals surface area contributed by atoms with E-state index in [2.05, 4.69) is 13.2 Å². The average Bonchev–Trinajstić information content (AvgIpc) is 2.04. The lowest BCUT2D eigenvalue weighted by Gasteiger charge is -2.34. The fourth-order valence-corrected chi connectivity index (χ4v) is 1.43. The van der Waals surface area contributed by atoms with Crippen LogP contribution in [0.25, 0.3) is 0 Å². The first kappa shape index (κ1) is 9.84. The number of rotatable bonds is 2. The van der Waals surface area contributed by atoms with Crippen LogP contribution in [0.3, 0.4) is 0 Å². The third-order valence-electron chi connectivity index (χ3n) is 2.10. The smallest absolute Gasteiger partial charge is 0.173 e. The summed E-state index contributed by atoms with van der Waals surface area (Å²) in [6, 6.07) is 0.195. The van der Waals surface area contributed by atoms with Crippen molar-refractivity contribution in [2.24, 2.45) is 0 Å². The minimum Gasteiger partial charge on any atom is -0.487 e. The maximum Gasteiger partial charge on any atom is 0.173 e. The van der Waals surface area contributed by atoms with Crippen LogP contribution < -0.4 is 0 Å². The molecule has 13 heavy (non-hydrogen) atoms. The first-order valence-electron chi connectivity index (χ1n) is 4.17. The van der Waals surface area contributed by atoms with Gasteiger partial charge in [-0.25, -0.2) is 4.39 Å². The van der Waals surface area contributed by atoms with Gasteiger partial charge >= 0.3 is 0 Å². The van der Waals surface area contributed by atoms with Crippen molar-refractivity contribution in [1.82, 2.24) is 4.90 Å². The van der Waals surface area contributed by atoms with E-state index in [4.69, 9.17) is 4.74 Å². The molecule has 0 aromatic heterocycles. The second-order valence-corrected chi connectivity index (χ2v) is 3.07. The summed E-state index contributed by atoms with van der Waals surface area (Å²) in [4.78, 5) is 1.88. The molecule has 1 aliphatic rings. The Balaban J connectivity index is 3.01. The quantitative estimate of drug-likeness (QED) is 0.652. The zero-order chi connectivity index (χ0) is 10.0. The second kappa shape index (κ2) is 3.64. The lowest BCUT2D eigenvalue weighted by molar-refractivity contribution is 0.109. The minimum atomic E-state index is -0.531. The van der Waals surface area contributed by atoms with Gasteiger partial charge in [0.15, 0.2) is 11.6 Å². The fourth-order valence-electron chi connectivity index (χ4n) is 1.43. The van der Waals surface area contributed by atoms with Gasteiger partial charge in [-0.05, 0) is 20.0 Å². The molecule has 0 bridgehead atoms. The van der Waals surface area contributed by atoms with Crippen molar-refractivity contribution in [2.45, 2.75) is 19.9 Å². The molecule has 3 heteroatoms. The van der Waals surface area contributed by atoms with Gasteiger partial charge in [-0.15, -0.1) is 0 Å². The summed E-state index contributed by atoms with van der Waals surface area (Å²) in [5, 5.41) is 0. The van der Waals surface area contributed by atoms with Crippen LogP contribution in [0.5, 0.6) is 0 Å². The second-order valence-electron chi connectivity index (χ2n) is 3.07. The molecule has 2 nitrogen and oxygen atoms in total. The molecule has 1 heterocycles. The predicted octanol–water partition coefficient (Wildman–Crippen LogP) is 2.57. The highest BCUT2D eigenvalue weighted by Gasteiger charge is 2.23. The van der Waals surface area contributed by atoms with Crippen LogP contribution in [-0.4, -0.2) is 17.5 Å². The molecule has 72 valence electrons. The zero-order valence-electron chi connectivity index (χ0n) is 8.01. The molecule has 0 N–H and O–H groups in total. The summed E-state index contributed by atoms with van der Waals surface area (Å²) >= 11 is 0. The summed E-state index contributed by atoms with van der Waals surface area (Å²) in [5.74, 6) is -0.297. The van der Waals surface area contributed by atoms with Crippen molar-refractivity contribution in [3.8, 4) is 0 Å². The molecule has 0 aromatic rings. The molecule has 1 aliphatic heterocycles. The Morgan fingerprint density at radius 3 is 2.85 bits per heavy atom. The molecule has 0 radical (unpaired) electrons. The number of halogens is 1. The highest BCUT2D eigenvalue weighted by atomic mass is 19.1. The van der Waals surface area contributed by atoms with E-state index in [0.29, 0.717) is 6.61 Å². The molecule has 0 saturated heterocycles. The molecule has 0 saturated carbocycles. The summed E-state index contributed by atoms with van der Waals surface area (Å²) < 4.78 is 18.0. The standard InChI is InChI=1S/C10H14FNO/c1-5-12-7(2)6-13-10(8(3)11)9(12)4/h5,7H,1,3,6H2,2,4H3. The SMILES string of the molecule is C=CN1C(C)=C(C(=C)F)OCC1C. The van der Waals surface area contributed by atoms with Gasteiger partial charge in [-0.3, -0.25) is 0 Å². The molecule has 0 aliphatic carbocycles. The summed E-state index contributed by atoms with van der Waals surface area (Å²) in [5.41, 5.74) is 0.723. The highest BCUT2D eigenvalue weighted by molar-refractivity contribution is 5.24. The van der Waals surface area contributed by atoms with E-state index in [9.17, 15) is 4.39 Å². The van der Waals surface area contributed by atoms with Gasteiger partial charge in [-0.2, -0.15) is 0 Å². The van der Waals surface area contributed by atoms with Gasteiger partial charge in [0.1, 0.15) is 6.61 Å². The van der Waals surface area contributed by atoms with Crippen LogP contribution in [0.4, 0.5) is 4.39 Å². The highest BCUT2D eigenvalue weighted by Crippen LogP contribution is 2.25. The lowest BCUT2D eigenvalue weighted by Crippen LogP contribution is -2.35. The van der Waals surface area contributed by atoms with Crippen LogP contribution in [0.15, 0.2) is 36.6 Å². The predicted molar refractivity (Wildman–Crippen MR) is 50.4 cm³/mol. The van der Waals surface area contributed by atoms with Gasteiger partial charge in [0, 0.05) is 0 Å². The Morgan fingerprint density at radius 2 is 2.38 bits per heavy atom. The summed E-state index contributed by atoms with van der Waals surface area (Å²) in [7, 11) is 0. The minimum absolute atomic E-state index is 0.195. The van der Waals surface area contributed by atoms with Crippen molar-refractivity contribution in [2.75, 3.05) is 6.61 Å². The van der Waals surface area contributed by atoms with Crippen molar-refractivity contribution in [3.63, 3.8) is 0 Å². The van der Waals surface area contributed by atoms with Gasteiger partial charge in [0.2, 0.25) is 0 Å². The first-order valence-corrected chi connectivity index (χ1v) is 4.17. The Kier molecular flexibility index (Phi) is 2.76. The molecule has 0 fully saturated rings. The van der Waals surface area contributed by atoms with Crippen LogP contribution in [0.1, 0.15) is 13.8 Å². The van der Waals surface area contributed by atoms with E-state index >= 15 is 0 Å². The molecule has 0 aromatic carbocycles. The van der Waals surface area contributed by atoms with Gasteiger partial charge in [0.05, 0.1) is 11.7 Å². The van der Waals surface area contributed by atoms with Crippen LogP contribution in [-0.2, 0) is 4.74 Å². The van der Waals surface area contributed by atoms with E-state index in [0.717, 1.165) is 5.70 Å². The van der Waals surface area contributed by atoms with Gasteiger partial charge in [-0.1, -0.05) is 13.2 Å². The molecular weight excluding hydrogens is 169 g/mol. The van der Waals surface area contributed by atoms with Gasteiger partial charge in [0.25, 0.3) is 0 Å². The van der Waals surface area contributed by atoms with Crippen molar-refractivity contribution >= 4 is 0 Å². The molecule has 1 rings (SSSR count). The molecular formula is C10H14FNO. The largest absolute Gasteiger partial charge is 0.487 e. The number of allylic oxidation sites excluding steroid dienone is 2. The number of hydrogen-bond acceptors (Lipinski definition) is 2. The van der Waals surface area contributed by atoms with Crippen LogP contribution in [0.2, 0.25) is 0 Å². The van der Waals surface area contributed by atoms with Crippen molar-refractivity contribution < 1.29 is 9.13 Å².